The fraction of sp³-hybridized carbons (Fsp3) is 0.696. The Morgan fingerprint density at radius 2 is 1.04 bits per heavy atom. The number of hydrogen-bond acceptors (Lipinski definition) is 8. The van der Waals surface area contributed by atoms with Gasteiger partial charge in [0.05, 0.1) is 27.7 Å². The molecule has 0 saturated heterocycles. The monoisotopic (exact) mass is 806 g/mol. The summed E-state index contributed by atoms with van der Waals surface area (Å²) in [5.74, 6) is -0.927. The molecule has 0 heterocycles. The van der Waals surface area contributed by atoms with Crippen LogP contribution in [0, 0.1) is 0 Å². The zero-order chi connectivity index (χ0) is 41.4. The number of quaternary nitrogens is 1. The van der Waals surface area contributed by atoms with Gasteiger partial charge < -0.3 is 27.9 Å². The normalized spacial score (nSPS) is 14.3. The molecule has 0 spiro atoms. The number of carbonyl (C=O) groups excluding carboxylic acids is 2. The van der Waals surface area contributed by atoms with E-state index in [1.54, 1.807) is 0 Å². The minimum atomic E-state index is -4.65. The highest BCUT2D eigenvalue weighted by Gasteiger charge is 2.21. The first kappa shape index (κ1) is 53.5. The first-order valence-corrected chi connectivity index (χ1v) is 23.1. The Morgan fingerprint density at radius 3 is 1.59 bits per heavy atom. The number of likely N-dealkylation sites (N-methyl/N-ethyl adjacent to an activating group) is 1. The molecule has 9 nitrogen and oxygen atoms in total. The van der Waals surface area contributed by atoms with E-state index in [9.17, 15) is 19.0 Å². The predicted octanol–water partition coefficient (Wildman–Crippen LogP) is 11.6. The second-order valence-corrected chi connectivity index (χ2v) is 16.7. The molecule has 0 aliphatic heterocycles. The maximum atomic E-state index is 12.6. The van der Waals surface area contributed by atoms with Gasteiger partial charge in [-0.15, -0.1) is 0 Å². The number of unbranched alkanes of at least 4 members (excludes halogenated alkanes) is 12. The van der Waals surface area contributed by atoms with E-state index in [0.29, 0.717) is 30.3 Å². The number of carbonyl (C=O) groups is 2. The number of rotatable bonds is 38. The quantitative estimate of drug-likeness (QED) is 0.0199. The summed E-state index contributed by atoms with van der Waals surface area (Å²) in [4.78, 5) is 37.5. The lowest BCUT2D eigenvalue weighted by Gasteiger charge is -2.28. The molecule has 1 unspecified atom stereocenters. The number of phosphoric acid groups is 1. The molecule has 0 rings (SSSR count). The Morgan fingerprint density at radius 1 is 0.571 bits per heavy atom. The average molecular weight is 806 g/mol. The molecule has 0 amide bonds. The second-order valence-electron chi connectivity index (χ2n) is 15.3. The number of nitrogens with zero attached hydrogens (tertiary/aromatic N) is 1. The molecule has 0 bridgehead atoms. The fourth-order valence-electron chi connectivity index (χ4n) is 5.33. The first-order chi connectivity index (χ1) is 27.0. The van der Waals surface area contributed by atoms with Crippen molar-refractivity contribution < 1.29 is 42.1 Å². The Bertz CT molecular complexity index is 1180. The van der Waals surface area contributed by atoms with Gasteiger partial charge in [-0.2, -0.15) is 0 Å². The van der Waals surface area contributed by atoms with E-state index in [-0.39, 0.29) is 26.1 Å². The van der Waals surface area contributed by atoms with Gasteiger partial charge >= 0.3 is 11.9 Å². The maximum Gasteiger partial charge on any atom is 0.306 e. The summed E-state index contributed by atoms with van der Waals surface area (Å²) >= 11 is 0. The topological polar surface area (TPSA) is 111 Å². The molecule has 0 aromatic rings. The molecular weight excluding hydrogens is 725 g/mol. The average Bonchev–Trinajstić information content (AvgIpc) is 3.15. The number of hydrogen-bond donors (Lipinski definition) is 0. The van der Waals surface area contributed by atoms with Crippen LogP contribution in [0.1, 0.15) is 155 Å². The highest BCUT2D eigenvalue weighted by molar-refractivity contribution is 7.45. The predicted molar refractivity (Wildman–Crippen MR) is 231 cm³/mol. The standard InChI is InChI=1S/C46H80NO8P/c1-6-8-10-12-14-16-18-20-22-23-25-27-29-31-33-35-37-39-46(49)55-44(43-54-56(50,51)53-41-40-47(3,4)5)42-52-45(48)38-36-34-32-30-28-26-24-21-19-17-15-13-11-9-7-2/h8,10,14,16,20,22,25-28,31,33,44H,6-7,9,11-13,15,17-19,21,23-24,29-30,32,34-43H2,1-5H3/b10-8+,16-14+,22-20+,27-25+,28-26+,33-31+/t44-/m1/s1. The van der Waals surface area contributed by atoms with Crippen molar-refractivity contribution in [2.45, 2.75) is 161 Å². The molecule has 10 heteroatoms. The zero-order valence-electron chi connectivity index (χ0n) is 36.1. The lowest BCUT2D eigenvalue weighted by Crippen LogP contribution is -2.37. The Hall–Kier alpha value is -2.55. The molecule has 0 aliphatic carbocycles. The smallest absolute Gasteiger partial charge is 0.306 e. The Labute approximate surface area is 342 Å². The van der Waals surface area contributed by atoms with E-state index < -0.39 is 32.5 Å². The highest BCUT2D eigenvalue weighted by Crippen LogP contribution is 2.38. The van der Waals surface area contributed by atoms with Gasteiger partial charge in [0.2, 0.25) is 0 Å². The number of ether oxygens (including phenoxy) is 2. The van der Waals surface area contributed by atoms with E-state index in [1.807, 2.05) is 27.2 Å². The molecule has 2 atom stereocenters. The fourth-order valence-corrected chi connectivity index (χ4v) is 6.06. The van der Waals surface area contributed by atoms with Gasteiger partial charge in [0.15, 0.2) is 6.10 Å². The van der Waals surface area contributed by atoms with Crippen molar-refractivity contribution in [3.05, 3.63) is 72.9 Å². The van der Waals surface area contributed by atoms with E-state index in [2.05, 4.69) is 80.7 Å². The van der Waals surface area contributed by atoms with E-state index in [4.69, 9.17) is 18.5 Å². The van der Waals surface area contributed by atoms with E-state index in [1.165, 1.54) is 51.4 Å². The summed E-state index contributed by atoms with van der Waals surface area (Å²) in [6, 6.07) is 0. The van der Waals surface area contributed by atoms with Crippen molar-refractivity contribution in [2.75, 3.05) is 47.5 Å². The Kier molecular flexibility index (Phi) is 36.3. The molecule has 0 radical (unpaired) electrons. The van der Waals surface area contributed by atoms with Gasteiger partial charge in [-0.1, -0.05) is 138 Å². The molecule has 0 N–H and O–H groups in total. The van der Waals surface area contributed by atoms with Crippen LogP contribution in [-0.2, 0) is 32.7 Å². The van der Waals surface area contributed by atoms with Gasteiger partial charge in [0, 0.05) is 12.8 Å². The molecule has 0 aromatic heterocycles. The van der Waals surface area contributed by atoms with Gasteiger partial charge in [-0.25, -0.2) is 0 Å². The molecule has 0 saturated carbocycles. The lowest BCUT2D eigenvalue weighted by atomic mass is 10.1. The van der Waals surface area contributed by atoms with Gasteiger partial charge in [0.1, 0.15) is 19.8 Å². The largest absolute Gasteiger partial charge is 0.756 e. The van der Waals surface area contributed by atoms with Crippen LogP contribution in [0.2, 0.25) is 0 Å². The van der Waals surface area contributed by atoms with Crippen LogP contribution >= 0.6 is 7.82 Å². The van der Waals surface area contributed by atoms with E-state index in [0.717, 1.165) is 57.8 Å². The number of allylic oxidation sites excluding steroid dienone is 12. The molecular formula is C46H80NO8P. The number of phosphoric ester groups is 1. The van der Waals surface area contributed by atoms with Crippen LogP contribution in [0.3, 0.4) is 0 Å². The second kappa shape index (κ2) is 38.0. The molecule has 0 fully saturated rings. The van der Waals surface area contributed by atoms with Gasteiger partial charge in [-0.3, -0.25) is 14.2 Å². The Balaban J connectivity index is 4.51. The minimum absolute atomic E-state index is 0.0471. The van der Waals surface area contributed by atoms with Crippen molar-refractivity contribution >= 4 is 19.8 Å². The van der Waals surface area contributed by atoms with Crippen molar-refractivity contribution in [1.82, 2.24) is 0 Å². The summed E-state index contributed by atoms with van der Waals surface area (Å²) in [5.41, 5.74) is 0. The van der Waals surface area contributed by atoms with Crippen LogP contribution in [0.5, 0.6) is 0 Å². The first-order valence-electron chi connectivity index (χ1n) is 21.6. The summed E-state index contributed by atoms with van der Waals surface area (Å²) in [7, 11) is 1.11. The summed E-state index contributed by atoms with van der Waals surface area (Å²) < 4.78 is 33.8. The maximum absolute atomic E-state index is 12.6. The van der Waals surface area contributed by atoms with Crippen molar-refractivity contribution in [2.24, 2.45) is 0 Å². The van der Waals surface area contributed by atoms with Gasteiger partial charge in [0.25, 0.3) is 7.82 Å². The molecule has 0 aliphatic rings. The third-order valence-electron chi connectivity index (χ3n) is 8.71. The summed E-state index contributed by atoms with van der Waals surface area (Å²) in [6.07, 6.45) is 46.5. The summed E-state index contributed by atoms with van der Waals surface area (Å²) in [5, 5.41) is 0. The van der Waals surface area contributed by atoms with Crippen LogP contribution < -0.4 is 4.89 Å². The van der Waals surface area contributed by atoms with Crippen molar-refractivity contribution in [3.8, 4) is 0 Å². The number of esters is 2. The van der Waals surface area contributed by atoms with Crippen molar-refractivity contribution in [1.29, 1.82) is 0 Å². The molecule has 56 heavy (non-hydrogen) atoms. The summed E-state index contributed by atoms with van der Waals surface area (Å²) in [6.45, 7) is 4.01. The van der Waals surface area contributed by atoms with Crippen molar-refractivity contribution in [3.63, 3.8) is 0 Å². The zero-order valence-corrected chi connectivity index (χ0v) is 36.9. The van der Waals surface area contributed by atoms with Crippen LogP contribution in [0.25, 0.3) is 0 Å². The third kappa shape index (κ3) is 41.1. The van der Waals surface area contributed by atoms with Crippen LogP contribution in [0.15, 0.2) is 72.9 Å². The third-order valence-corrected chi connectivity index (χ3v) is 9.67. The molecule has 322 valence electrons. The molecule has 0 aromatic carbocycles. The highest BCUT2D eigenvalue weighted by atomic mass is 31.2. The van der Waals surface area contributed by atoms with Gasteiger partial charge in [-0.05, 0) is 77.0 Å². The van der Waals surface area contributed by atoms with Crippen LogP contribution in [0.4, 0.5) is 0 Å². The van der Waals surface area contributed by atoms with E-state index >= 15 is 0 Å². The minimum Gasteiger partial charge on any atom is -0.756 e. The lowest BCUT2D eigenvalue weighted by molar-refractivity contribution is -0.870. The SMILES string of the molecule is CC/C=C/C/C=C/C/C=C/C/C=C/C/C=C/CCCC(=O)O[C@H](COC(=O)CCCCC/C=C/CCCCCCCCCC)COP(=O)([O-])OCC[N+](C)(C)C. The van der Waals surface area contributed by atoms with Crippen LogP contribution in [-0.4, -0.2) is 70.0 Å².